The van der Waals surface area contributed by atoms with E-state index in [1.165, 1.54) is 44.2 Å². The van der Waals surface area contributed by atoms with Gasteiger partial charge in [0.2, 0.25) is 0 Å². The zero-order chi connectivity index (χ0) is 18.3. The Morgan fingerprint density at radius 1 is 0.926 bits per heavy atom. The van der Waals surface area contributed by atoms with Gasteiger partial charge in [0.05, 0.1) is 18.3 Å². The van der Waals surface area contributed by atoms with Gasteiger partial charge in [0.1, 0.15) is 0 Å². The van der Waals surface area contributed by atoms with Crippen LogP contribution in [0.3, 0.4) is 0 Å². The van der Waals surface area contributed by atoms with Gasteiger partial charge in [-0.25, -0.2) is 0 Å². The molecule has 4 nitrogen and oxygen atoms in total. The van der Waals surface area contributed by atoms with Crippen LogP contribution >= 0.6 is 0 Å². The first kappa shape index (κ1) is 18.0. The van der Waals surface area contributed by atoms with E-state index in [2.05, 4.69) is 40.1 Å². The van der Waals surface area contributed by atoms with E-state index < -0.39 is 0 Å². The molecule has 4 heteroatoms. The average molecular weight is 371 g/mol. The largest absolute Gasteiger partial charge is 0.389 e. The molecule has 1 atom stereocenters. The van der Waals surface area contributed by atoms with E-state index in [-0.39, 0.29) is 11.7 Å². The topological polar surface area (TPSA) is 35.9 Å². The third-order valence-corrected chi connectivity index (χ3v) is 7.53. The summed E-state index contributed by atoms with van der Waals surface area (Å²) in [4.78, 5) is 4.84. The highest BCUT2D eigenvalue weighted by Gasteiger charge is 2.51. The summed E-state index contributed by atoms with van der Waals surface area (Å²) < 4.78 is 6.45. The lowest BCUT2D eigenvalue weighted by atomic mass is 9.54. The zero-order valence-corrected chi connectivity index (χ0v) is 16.4. The lowest BCUT2D eigenvalue weighted by molar-refractivity contribution is -0.176. The molecule has 1 heterocycles. The molecule has 1 aliphatic heterocycles. The first-order chi connectivity index (χ1) is 13.2. The fraction of sp³-hybridized carbons (Fsp3) is 0.739. The quantitative estimate of drug-likeness (QED) is 0.834. The van der Waals surface area contributed by atoms with Crippen LogP contribution in [-0.2, 0) is 4.74 Å². The molecule has 5 fully saturated rings. The van der Waals surface area contributed by atoms with Crippen molar-refractivity contribution in [3.05, 3.63) is 30.3 Å². The van der Waals surface area contributed by atoms with E-state index in [4.69, 9.17) is 4.74 Å². The summed E-state index contributed by atoms with van der Waals surface area (Å²) in [7, 11) is 0. The molecule has 27 heavy (non-hydrogen) atoms. The predicted molar refractivity (Wildman–Crippen MR) is 108 cm³/mol. The van der Waals surface area contributed by atoms with Gasteiger partial charge in [0, 0.05) is 38.4 Å². The molecule has 4 aliphatic carbocycles. The normalized spacial score (nSPS) is 36.9. The Balaban J connectivity index is 1.08. The molecule has 5 aliphatic rings. The van der Waals surface area contributed by atoms with E-state index in [0.717, 1.165) is 50.5 Å². The first-order valence-electron chi connectivity index (χ1n) is 11.0. The van der Waals surface area contributed by atoms with Gasteiger partial charge < -0.3 is 14.7 Å². The maximum atomic E-state index is 10.6. The van der Waals surface area contributed by atoms with Crippen LogP contribution in [0.2, 0.25) is 0 Å². The van der Waals surface area contributed by atoms with E-state index >= 15 is 0 Å². The number of nitrogens with zero attached hydrogens (tertiary/aromatic N) is 2. The molecule has 4 bridgehead atoms. The van der Waals surface area contributed by atoms with Gasteiger partial charge >= 0.3 is 0 Å². The Hall–Kier alpha value is -1.10. The van der Waals surface area contributed by atoms with Crippen molar-refractivity contribution in [1.29, 1.82) is 0 Å². The van der Waals surface area contributed by atoms with Gasteiger partial charge in [-0.05, 0) is 68.4 Å². The molecule has 6 rings (SSSR count). The number of aliphatic hydroxyl groups excluding tert-OH is 1. The Bertz CT molecular complexity index is 591. The number of benzene rings is 1. The van der Waals surface area contributed by atoms with Crippen LogP contribution < -0.4 is 4.90 Å². The van der Waals surface area contributed by atoms with Gasteiger partial charge in [-0.3, -0.25) is 4.90 Å². The van der Waals surface area contributed by atoms with Crippen LogP contribution in [0.5, 0.6) is 0 Å². The number of piperazine rings is 1. The molecular weight excluding hydrogens is 336 g/mol. The number of hydrogen-bond acceptors (Lipinski definition) is 4. The number of para-hydroxylation sites is 1. The molecule has 0 spiro atoms. The fourth-order valence-corrected chi connectivity index (χ4v) is 6.66. The Morgan fingerprint density at radius 3 is 2.11 bits per heavy atom. The van der Waals surface area contributed by atoms with Crippen LogP contribution in [-0.4, -0.2) is 61.0 Å². The number of ether oxygens (including phenoxy) is 1. The van der Waals surface area contributed by atoms with Crippen LogP contribution in [0.1, 0.15) is 38.5 Å². The lowest BCUT2D eigenvalue weighted by Gasteiger charge is -2.56. The van der Waals surface area contributed by atoms with Crippen molar-refractivity contribution in [3.8, 4) is 0 Å². The standard InChI is InChI=1S/C23H34N2O2/c26-22(16-24-6-8-25(9-7-24)21-4-2-1-3-5-21)17-27-23-13-18-10-19(14-23)12-20(11-18)15-23/h1-5,18-20,22,26H,6-17H2. The second kappa shape index (κ2) is 7.38. The number of anilines is 1. The minimum atomic E-state index is -0.360. The summed E-state index contributed by atoms with van der Waals surface area (Å²) in [5.74, 6) is 2.71. The van der Waals surface area contributed by atoms with Crippen molar-refractivity contribution in [2.24, 2.45) is 17.8 Å². The molecule has 1 unspecified atom stereocenters. The summed E-state index contributed by atoms with van der Waals surface area (Å²) in [6, 6.07) is 10.6. The summed E-state index contributed by atoms with van der Waals surface area (Å²) >= 11 is 0. The highest BCUT2D eigenvalue weighted by atomic mass is 16.5. The van der Waals surface area contributed by atoms with E-state index in [9.17, 15) is 5.11 Å². The minimum absolute atomic E-state index is 0.113. The molecule has 1 saturated heterocycles. The number of β-amino-alcohol motifs (C(OH)–C–C–N with tert-alkyl or cyclic N) is 1. The van der Waals surface area contributed by atoms with E-state index in [1.54, 1.807) is 0 Å². The number of rotatable bonds is 6. The van der Waals surface area contributed by atoms with Crippen molar-refractivity contribution in [1.82, 2.24) is 4.90 Å². The molecule has 0 radical (unpaired) electrons. The highest BCUT2D eigenvalue weighted by molar-refractivity contribution is 5.46. The Labute approximate surface area is 163 Å². The first-order valence-corrected chi connectivity index (χ1v) is 11.0. The smallest absolute Gasteiger partial charge is 0.0900 e. The second-order valence-corrected chi connectivity index (χ2v) is 9.69. The van der Waals surface area contributed by atoms with Crippen LogP contribution in [0, 0.1) is 17.8 Å². The van der Waals surface area contributed by atoms with Crippen molar-refractivity contribution in [2.45, 2.75) is 50.2 Å². The third-order valence-electron chi connectivity index (χ3n) is 7.53. The average Bonchev–Trinajstić information content (AvgIpc) is 2.67. The summed E-state index contributed by atoms with van der Waals surface area (Å²) in [5.41, 5.74) is 1.42. The van der Waals surface area contributed by atoms with E-state index in [1.807, 2.05) is 0 Å². The molecule has 0 aromatic heterocycles. The van der Waals surface area contributed by atoms with Crippen molar-refractivity contribution in [3.63, 3.8) is 0 Å². The predicted octanol–water partition coefficient (Wildman–Crippen LogP) is 3.15. The molecule has 1 aromatic carbocycles. The molecule has 1 N–H and O–H groups in total. The lowest BCUT2D eigenvalue weighted by Crippen LogP contribution is -2.53. The Kier molecular flexibility index (Phi) is 4.91. The van der Waals surface area contributed by atoms with Crippen molar-refractivity contribution >= 4 is 5.69 Å². The van der Waals surface area contributed by atoms with Gasteiger partial charge in [0.25, 0.3) is 0 Å². The zero-order valence-electron chi connectivity index (χ0n) is 16.4. The van der Waals surface area contributed by atoms with Crippen LogP contribution in [0.25, 0.3) is 0 Å². The highest BCUT2D eigenvalue weighted by Crippen LogP contribution is 2.57. The van der Waals surface area contributed by atoms with Gasteiger partial charge in [0.15, 0.2) is 0 Å². The maximum Gasteiger partial charge on any atom is 0.0900 e. The second-order valence-electron chi connectivity index (χ2n) is 9.69. The summed E-state index contributed by atoms with van der Waals surface area (Å²) in [5, 5.41) is 10.6. The van der Waals surface area contributed by atoms with Gasteiger partial charge in [-0.1, -0.05) is 18.2 Å². The number of hydrogen-bond donors (Lipinski definition) is 1. The SMILES string of the molecule is OC(COC12CC3CC(CC(C3)C1)C2)CN1CCN(c2ccccc2)CC1. The molecule has 0 amide bonds. The number of aliphatic hydroxyl groups is 1. The van der Waals surface area contributed by atoms with E-state index in [0.29, 0.717) is 6.61 Å². The molecule has 1 aromatic rings. The van der Waals surface area contributed by atoms with Crippen LogP contribution in [0.15, 0.2) is 30.3 Å². The van der Waals surface area contributed by atoms with Crippen molar-refractivity contribution < 1.29 is 9.84 Å². The monoisotopic (exact) mass is 370 g/mol. The maximum absolute atomic E-state index is 10.6. The fourth-order valence-electron chi connectivity index (χ4n) is 6.66. The van der Waals surface area contributed by atoms with Crippen molar-refractivity contribution in [2.75, 3.05) is 44.2 Å². The summed E-state index contributed by atoms with van der Waals surface area (Å²) in [6.07, 6.45) is 7.72. The molecule has 148 valence electrons. The summed E-state index contributed by atoms with van der Waals surface area (Å²) in [6.45, 7) is 5.37. The van der Waals surface area contributed by atoms with Gasteiger partial charge in [-0.15, -0.1) is 0 Å². The third kappa shape index (κ3) is 3.90. The van der Waals surface area contributed by atoms with Gasteiger partial charge in [-0.2, -0.15) is 0 Å². The molecular formula is C23H34N2O2. The Morgan fingerprint density at radius 2 is 1.52 bits per heavy atom. The minimum Gasteiger partial charge on any atom is -0.389 e. The molecule has 4 saturated carbocycles. The van der Waals surface area contributed by atoms with Crippen LogP contribution in [0.4, 0.5) is 5.69 Å².